The molecule has 0 aliphatic heterocycles. The van der Waals surface area contributed by atoms with Crippen LogP contribution in [0.15, 0.2) is 0 Å². The summed E-state index contributed by atoms with van der Waals surface area (Å²) in [6.07, 6.45) is 17.5. The van der Waals surface area contributed by atoms with Crippen LogP contribution in [0.2, 0.25) is 0 Å². The zero-order chi connectivity index (χ0) is 15.8. The summed E-state index contributed by atoms with van der Waals surface area (Å²) in [5.41, 5.74) is 5.56. The van der Waals surface area contributed by atoms with Crippen LogP contribution in [0.1, 0.15) is 96.8 Å². The highest BCUT2D eigenvalue weighted by atomic mass is 16.3. The maximum absolute atomic E-state index is 9.61. The lowest BCUT2D eigenvalue weighted by atomic mass is 10.0. The van der Waals surface area contributed by atoms with Crippen molar-refractivity contribution in [3.05, 3.63) is 0 Å². The third-order valence-electron chi connectivity index (χ3n) is 4.31. The fourth-order valence-electron chi connectivity index (χ4n) is 2.71. The molecule has 0 spiro atoms. The quantitative estimate of drug-likeness (QED) is 0.375. The summed E-state index contributed by atoms with van der Waals surface area (Å²) in [7, 11) is 0. The van der Waals surface area contributed by atoms with E-state index in [9.17, 15) is 5.11 Å². The van der Waals surface area contributed by atoms with E-state index < -0.39 is 12.1 Å². The Bertz CT molecular complexity index is 200. The van der Waals surface area contributed by atoms with E-state index in [4.69, 9.17) is 10.8 Å². The van der Waals surface area contributed by atoms with Crippen LogP contribution in [0.25, 0.3) is 0 Å². The van der Waals surface area contributed by atoms with Crippen LogP contribution in [-0.4, -0.2) is 29.0 Å². The van der Waals surface area contributed by atoms with Gasteiger partial charge in [-0.1, -0.05) is 90.4 Å². The number of aliphatic hydroxyl groups excluding tert-OH is 2. The predicted molar refractivity (Wildman–Crippen MR) is 91.4 cm³/mol. The number of rotatable bonds is 16. The molecular formula is C18H39NO2. The first kappa shape index (κ1) is 20.9. The molecule has 3 heteroatoms. The monoisotopic (exact) mass is 301 g/mol. The predicted octanol–water partition coefficient (Wildman–Crippen LogP) is 4.15. The average Bonchev–Trinajstić information content (AvgIpc) is 2.50. The minimum atomic E-state index is -0.539. The number of hydrogen-bond acceptors (Lipinski definition) is 3. The van der Waals surface area contributed by atoms with Crippen LogP contribution in [0.4, 0.5) is 0 Å². The molecule has 0 rings (SSSR count). The largest absolute Gasteiger partial charge is 0.395 e. The van der Waals surface area contributed by atoms with Gasteiger partial charge in [-0.05, 0) is 6.42 Å². The molecule has 3 nitrogen and oxygen atoms in total. The number of aliphatic hydroxyl groups is 2. The smallest absolute Gasteiger partial charge is 0.0713 e. The van der Waals surface area contributed by atoms with Gasteiger partial charge in [0.25, 0.3) is 0 Å². The van der Waals surface area contributed by atoms with Crippen LogP contribution >= 0.6 is 0 Å². The van der Waals surface area contributed by atoms with Crippen molar-refractivity contribution in [3.8, 4) is 0 Å². The maximum Gasteiger partial charge on any atom is 0.0713 e. The zero-order valence-electron chi connectivity index (χ0n) is 14.2. The van der Waals surface area contributed by atoms with Gasteiger partial charge in [-0.15, -0.1) is 0 Å². The first-order valence-electron chi connectivity index (χ1n) is 9.26. The Hall–Kier alpha value is -0.120. The number of hydrogen-bond donors (Lipinski definition) is 3. The standard InChI is InChI=1S/C18H39NO2/c1-2-3-4-5-6-7-8-9-10-11-12-13-14-15-18(21)17(19)16-20/h17-18,20-21H,2-16,19H2,1H3/t17-,18?/m0/s1. The summed E-state index contributed by atoms with van der Waals surface area (Å²) in [4.78, 5) is 0. The van der Waals surface area contributed by atoms with E-state index >= 15 is 0 Å². The van der Waals surface area contributed by atoms with Gasteiger partial charge < -0.3 is 15.9 Å². The molecule has 4 N–H and O–H groups in total. The minimum absolute atomic E-state index is 0.125. The Labute approximate surface area is 132 Å². The van der Waals surface area contributed by atoms with Crippen molar-refractivity contribution in [2.24, 2.45) is 5.73 Å². The molecule has 2 atom stereocenters. The Morgan fingerprint density at radius 2 is 1.10 bits per heavy atom. The van der Waals surface area contributed by atoms with Gasteiger partial charge in [0.15, 0.2) is 0 Å². The molecule has 0 aromatic heterocycles. The Balaban J connectivity index is 3.09. The van der Waals surface area contributed by atoms with Gasteiger partial charge in [-0.2, -0.15) is 0 Å². The molecule has 21 heavy (non-hydrogen) atoms. The Morgan fingerprint density at radius 1 is 0.714 bits per heavy atom. The van der Waals surface area contributed by atoms with Crippen molar-refractivity contribution in [2.45, 2.75) is 109 Å². The highest BCUT2D eigenvalue weighted by Crippen LogP contribution is 2.13. The highest BCUT2D eigenvalue weighted by Gasteiger charge is 2.12. The third-order valence-corrected chi connectivity index (χ3v) is 4.31. The fraction of sp³-hybridized carbons (Fsp3) is 1.00. The van der Waals surface area contributed by atoms with Crippen molar-refractivity contribution < 1.29 is 10.2 Å². The zero-order valence-corrected chi connectivity index (χ0v) is 14.2. The van der Waals surface area contributed by atoms with E-state index in [1.807, 2.05) is 0 Å². The summed E-state index contributed by atoms with van der Waals surface area (Å²) in [5.74, 6) is 0. The molecule has 0 amide bonds. The van der Waals surface area contributed by atoms with Crippen molar-refractivity contribution in [1.82, 2.24) is 0 Å². The molecule has 0 radical (unpaired) electrons. The SMILES string of the molecule is CCCCCCCCCCCCCCCC(O)[C@@H](N)CO. The topological polar surface area (TPSA) is 66.5 Å². The first-order valence-corrected chi connectivity index (χ1v) is 9.26. The maximum atomic E-state index is 9.61. The van der Waals surface area contributed by atoms with Crippen LogP contribution in [0, 0.1) is 0 Å². The minimum Gasteiger partial charge on any atom is -0.395 e. The molecule has 0 aromatic carbocycles. The van der Waals surface area contributed by atoms with E-state index in [2.05, 4.69) is 6.92 Å². The van der Waals surface area contributed by atoms with Gasteiger partial charge in [0, 0.05) is 0 Å². The highest BCUT2D eigenvalue weighted by molar-refractivity contribution is 4.70. The van der Waals surface area contributed by atoms with E-state index in [-0.39, 0.29) is 6.61 Å². The second-order valence-electron chi connectivity index (χ2n) is 6.45. The van der Waals surface area contributed by atoms with Gasteiger partial charge in [0.1, 0.15) is 0 Å². The molecule has 0 aliphatic rings. The van der Waals surface area contributed by atoms with Crippen molar-refractivity contribution in [3.63, 3.8) is 0 Å². The van der Waals surface area contributed by atoms with Crippen molar-refractivity contribution in [2.75, 3.05) is 6.61 Å². The van der Waals surface area contributed by atoms with Gasteiger partial charge in [0.05, 0.1) is 18.8 Å². The summed E-state index contributed by atoms with van der Waals surface area (Å²) < 4.78 is 0. The molecule has 0 saturated carbocycles. The van der Waals surface area contributed by atoms with Gasteiger partial charge in [-0.3, -0.25) is 0 Å². The number of nitrogens with two attached hydrogens (primary N) is 1. The molecule has 0 aromatic rings. The second kappa shape index (κ2) is 16.3. The lowest BCUT2D eigenvalue weighted by Gasteiger charge is -2.15. The Kier molecular flexibility index (Phi) is 16.2. The van der Waals surface area contributed by atoms with E-state index in [1.54, 1.807) is 0 Å². The summed E-state index contributed by atoms with van der Waals surface area (Å²) in [5, 5.41) is 18.4. The normalized spacial score (nSPS) is 14.3. The lowest BCUT2D eigenvalue weighted by Crippen LogP contribution is -2.37. The summed E-state index contributed by atoms with van der Waals surface area (Å²) in [6, 6.07) is -0.470. The molecule has 0 saturated heterocycles. The number of unbranched alkanes of at least 4 members (excludes halogenated alkanes) is 12. The van der Waals surface area contributed by atoms with Crippen LogP contribution in [0.3, 0.4) is 0 Å². The third kappa shape index (κ3) is 14.6. The molecule has 1 unspecified atom stereocenters. The van der Waals surface area contributed by atoms with Gasteiger partial charge in [0.2, 0.25) is 0 Å². The van der Waals surface area contributed by atoms with Crippen molar-refractivity contribution >= 4 is 0 Å². The van der Waals surface area contributed by atoms with Gasteiger partial charge >= 0.3 is 0 Å². The summed E-state index contributed by atoms with van der Waals surface area (Å²) in [6.45, 7) is 2.14. The lowest BCUT2D eigenvalue weighted by molar-refractivity contribution is 0.0990. The average molecular weight is 302 g/mol. The summed E-state index contributed by atoms with van der Waals surface area (Å²) >= 11 is 0. The molecular weight excluding hydrogens is 262 g/mol. The van der Waals surface area contributed by atoms with Crippen LogP contribution in [-0.2, 0) is 0 Å². The van der Waals surface area contributed by atoms with E-state index in [1.165, 1.54) is 77.0 Å². The molecule has 0 bridgehead atoms. The molecule has 0 aliphatic carbocycles. The van der Waals surface area contributed by atoms with Gasteiger partial charge in [-0.25, -0.2) is 0 Å². The first-order chi connectivity index (χ1) is 10.2. The Morgan fingerprint density at radius 3 is 1.48 bits per heavy atom. The van der Waals surface area contributed by atoms with E-state index in [0.29, 0.717) is 0 Å². The van der Waals surface area contributed by atoms with E-state index in [0.717, 1.165) is 12.8 Å². The molecule has 128 valence electrons. The molecule has 0 heterocycles. The fourth-order valence-corrected chi connectivity index (χ4v) is 2.71. The molecule has 0 fully saturated rings. The van der Waals surface area contributed by atoms with Crippen LogP contribution in [0.5, 0.6) is 0 Å². The van der Waals surface area contributed by atoms with Crippen molar-refractivity contribution in [1.29, 1.82) is 0 Å². The van der Waals surface area contributed by atoms with Crippen LogP contribution < -0.4 is 5.73 Å². The second-order valence-corrected chi connectivity index (χ2v) is 6.45.